The van der Waals surface area contributed by atoms with Crippen molar-refractivity contribution in [2.45, 2.75) is 11.9 Å². The smallest absolute Gasteiger partial charge is 0.234 e. The number of rotatable bonds is 5. The lowest BCUT2D eigenvalue weighted by molar-refractivity contribution is -0.114. The Morgan fingerprint density at radius 3 is 2.52 bits per heavy atom. The predicted octanol–water partition coefficient (Wildman–Crippen LogP) is 2.70. The second-order valence-electron chi connectivity index (χ2n) is 4.99. The Bertz CT molecular complexity index is 927. The summed E-state index contributed by atoms with van der Waals surface area (Å²) in [7, 11) is 0. The van der Waals surface area contributed by atoms with Crippen LogP contribution in [0.25, 0.3) is 11.2 Å². The van der Waals surface area contributed by atoms with Gasteiger partial charge in [-0.05, 0) is 35.9 Å². The van der Waals surface area contributed by atoms with Crippen LogP contribution in [0.3, 0.4) is 0 Å². The fourth-order valence-electron chi connectivity index (χ4n) is 2.06. The summed E-state index contributed by atoms with van der Waals surface area (Å²) in [6.45, 7) is 1.43. The summed E-state index contributed by atoms with van der Waals surface area (Å²) in [4.78, 5) is 38.1. The first kappa shape index (κ1) is 17.2. The van der Waals surface area contributed by atoms with Gasteiger partial charge in [-0.2, -0.15) is 4.98 Å². The zero-order valence-electron chi connectivity index (χ0n) is 13.0. The summed E-state index contributed by atoms with van der Waals surface area (Å²) < 4.78 is 0. The zero-order valence-corrected chi connectivity index (χ0v) is 14.6. The van der Waals surface area contributed by atoms with Gasteiger partial charge in [0.1, 0.15) is 10.5 Å². The molecule has 1 aromatic carbocycles. The van der Waals surface area contributed by atoms with Crippen molar-refractivity contribution < 1.29 is 9.59 Å². The van der Waals surface area contributed by atoms with E-state index in [1.807, 2.05) is 0 Å². The molecule has 3 N–H and O–H groups in total. The number of hydrogen-bond donors (Lipinski definition) is 3. The maximum absolute atomic E-state index is 12.1. The predicted molar refractivity (Wildman–Crippen MR) is 96.8 cm³/mol. The van der Waals surface area contributed by atoms with E-state index >= 15 is 0 Å². The summed E-state index contributed by atoms with van der Waals surface area (Å²) in [5.41, 5.74) is 2.39. The molecule has 128 valence electrons. The van der Waals surface area contributed by atoms with Gasteiger partial charge < -0.3 is 15.6 Å². The third kappa shape index (κ3) is 4.46. The van der Waals surface area contributed by atoms with Gasteiger partial charge in [0.05, 0.1) is 12.1 Å². The van der Waals surface area contributed by atoms with Crippen molar-refractivity contribution in [2.75, 3.05) is 16.4 Å². The van der Waals surface area contributed by atoms with Crippen LogP contribution in [0.1, 0.15) is 6.92 Å². The Morgan fingerprint density at radius 2 is 1.84 bits per heavy atom. The highest BCUT2D eigenvalue weighted by Gasteiger charge is 2.12. The molecule has 2 heterocycles. The Labute approximate surface area is 151 Å². The molecular formula is C15H13ClN6O2S. The van der Waals surface area contributed by atoms with Gasteiger partial charge in [0.25, 0.3) is 0 Å². The van der Waals surface area contributed by atoms with Crippen LogP contribution in [0.15, 0.2) is 35.6 Å². The van der Waals surface area contributed by atoms with Gasteiger partial charge >= 0.3 is 0 Å². The number of fused-ring (bicyclic) bond motifs is 1. The molecule has 8 nitrogen and oxygen atoms in total. The van der Waals surface area contributed by atoms with E-state index in [9.17, 15) is 9.59 Å². The minimum Gasteiger partial charge on any atom is -0.341 e. The molecule has 0 aliphatic rings. The Balaban J connectivity index is 1.61. The second-order valence-corrected chi connectivity index (χ2v) is 6.30. The molecular weight excluding hydrogens is 364 g/mol. The van der Waals surface area contributed by atoms with E-state index in [0.29, 0.717) is 27.6 Å². The van der Waals surface area contributed by atoms with Gasteiger partial charge in [-0.1, -0.05) is 11.8 Å². The number of imidazole rings is 1. The highest BCUT2D eigenvalue weighted by atomic mass is 35.5. The van der Waals surface area contributed by atoms with Crippen LogP contribution in [0.4, 0.5) is 11.4 Å². The van der Waals surface area contributed by atoms with E-state index in [4.69, 9.17) is 11.6 Å². The number of carbonyl (C=O) groups is 2. The van der Waals surface area contributed by atoms with Crippen molar-refractivity contribution in [1.82, 2.24) is 19.9 Å². The molecule has 0 spiro atoms. The number of nitrogens with zero attached hydrogens (tertiary/aromatic N) is 3. The summed E-state index contributed by atoms with van der Waals surface area (Å²) in [5, 5.41) is 6.07. The number of nitrogens with one attached hydrogen (secondary N) is 3. The number of aromatic nitrogens is 4. The van der Waals surface area contributed by atoms with Crippen LogP contribution in [-0.2, 0) is 9.59 Å². The molecule has 3 aromatic rings. The third-order valence-electron chi connectivity index (χ3n) is 3.05. The van der Waals surface area contributed by atoms with Gasteiger partial charge in [-0.25, -0.2) is 9.97 Å². The van der Waals surface area contributed by atoms with Crippen LogP contribution in [0.5, 0.6) is 0 Å². The molecule has 0 aliphatic carbocycles. The molecule has 0 unspecified atom stereocenters. The molecule has 2 amide bonds. The van der Waals surface area contributed by atoms with E-state index in [1.54, 1.807) is 24.3 Å². The first-order chi connectivity index (χ1) is 12.0. The van der Waals surface area contributed by atoms with Gasteiger partial charge in [0.15, 0.2) is 5.65 Å². The number of anilines is 2. The number of benzene rings is 1. The Kier molecular flexibility index (Phi) is 5.15. The molecule has 10 heteroatoms. The van der Waals surface area contributed by atoms with Crippen LogP contribution in [0.2, 0.25) is 5.28 Å². The van der Waals surface area contributed by atoms with Crippen molar-refractivity contribution in [3.05, 3.63) is 35.9 Å². The molecule has 0 atom stereocenters. The average molecular weight is 377 g/mol. The molecule has 0 bridgehead atoms. The van der Waals surface area contributed by atoms with Crippen LogP contribution >= 0.6 is 23.4 Å². The fourth-order valence-corrected chi connectivity index (χ4v) is 3.06. The lowest BCUT2D eigenvalue weighted by Crippen LogP contribution is -2.14. The van der Waals surface area contributed by atoms with E-state index in [0.717, 1.165) is 0 Å². The molecule has 2 aromatic heterocycles. The van der Waals surface area contributed by atoms with Gasteiger partial charge in [0, 0.05) is 18.3 Å². The number of hydrogen-bond acceptors (Lipinski definition) is 6. The lowest BCUT2D eigenvalue weighted by Gasteiger charge is -2.07. The topological polar surface area (TPSA) is 113 Å². The van der Waals surface area contributed by atoms with Crippen molar-refractivity contribution in [2.24, 2.45) is 0 Å². The van der Waals surface area contributed by atoms with Crippen molar-refractivity contribution in [3.8, 4) is 0 Å². The number of halogens is 1. The SMILES string of the molecule is CC(=O)Nc1ccc(NC(=O)CSc2nc(Cl)nc3nc[nH]c23)cc1. The number of aromatic amines is 1. The number of thioether (sulfide) groups is 1. The summed E-state index contributed by atoms with van der Waals surface area (Å²) in [6.07, 6.45) is 1.50. The van der Waals surface area contributed by atoms with Crippen molar-refractivity contribution in [1.29, 1.82) is 0 Å². The normalized spacial score (nSPS) is 10.6. The van der Waals surface area contributed by atoms with Crippen LogP contribution in [-0.4, -0.2) is 37.5 Å². The second kappa shape index (κ2) is 7.49. The van der Waals surface area contributed by atoms with Crippen LogP contribution < -0.4 is 10.6 Å². The zero-order chi connectivity index (χ0) is 17.8. The molecule has 3 rings (SSSR count). The molecule has 0 saturated heterocycles. The molecule has 0 saturated carbocycles. The van der Waals surface area contributed by atoms with E-state index < -0.39 is 0 Å². The Hall–Kier alpha value is -2.65. The van der Waals surface area contributed by atoms with E-state index in [1.165, 1.54) is 25.0 Å². The minimum absolute atomic E-state index is 0.0797. The highest BCUT2D eigenvalue weighted by Crippen LogP contribution is 2.24. The fraction of sp³-hybridized carbons (Fsp3) is 0.133. The number of amides is 2. The van der Waals surface area contributed by atoms with E-state index in [-0.39, 0.29) is 22.9 Å². The summed E-state index contributed by atoms with van der Waals surface area (Å²) in [6, 6.07) is 6.84. The number of carbonyl (C=O) groups excluding carboxylic acids is 2. The molecule has 0 aliphatic heterocycles. The van der Waals surface area contributed by atoms with Gasteiger partial charge in [0.2, 0.25) is 17.1 Å². The monoisotopic (exact) mass is 376 g/mol. The van der Waals surface area contributed by atoms with Crippen molar-refractivity contribution in [3.63, 3.8) is 0 Å². The maximum atomic E-state index is 12.1. The molecule has 25 heavy (non-hydrogen) atoms. The average Bonchev–Trinajstić information content (AvgIpc) is 3.02. The Morgan fingerprint density at radius 1 is 1.16 bits per heavy atom. The molecule has 0 fully saturated rings. The van der Waals surface area contributed by atoms with E-state index in [2.05, 4.69) is 30.6 Å². The number of H-pyrrole nitrogens is 1. The molecule has 0 radical (unpaired) electrons. The third-order valence-corrected chi connectivity index (χ3v) is 4.20. The standard InChI is InChI=1S/C15H13ClN6O2S/c1-8(23)19-9-2-4-10(5-3-9)20-11(24)6-25-14-12-13(18-7-17-12)21-15(16)22-14/h2-5,7H,6H2,1H3,(H,19,23)(H,20,24)(H,17,18,21,22). The van der Waals surface area contributed by atoms with Crippen LogP contribution in [0, 0.1) is 0 Å². The van der Waals surface area contributed by atoms with Gasteiger partial charge in [-0.3, -0.25) is 9.59 Å². The largest absolute Gasteiger partial charge is 0.341 e. The van der Waals surface area contributed by atoms with Crippen molar-refractivity contribution >= 4 is 57.7 Å². The minimum atomic E-state index is -0.195. The summed E-state index contributed by atoms with van der Waals surface area (Å²) >= 11 is 7.09. The van der Waals surface area contributed by atoms with Gasteiger partial charge in [-0.15, -0.1) is 0 Å². The maximum Gasteiger partial charge on any atom is 0.234 e. The quantitative estimate of drug-likeness (QED) is 0.358. The highest BCUT2D eigenvalue weighted by molar-refractivity contribution is 8.00. The first-order valence-electron chi connectivity index (χ1n) is 7.18. The first-order valence-corrected chi connectivity index (χ1v) is 8.54. The lowest BCUT2D eigenvalue weighted by atomic mass is 10.3. The summed E-state index contributed by atoms with van der Waals surface area (Å²) in [5.74, 6) is -0.198.